The summed E-state index contributed by atoms with van der Waals surface area (Å²) in [7, 11) is 1.87. The quantitative estimate of drug-likeness (QED) is 0.767. The van der Waals surface area contributed by atoms with Crippen LogP contribution in [0.1, 0.15) is 10.5 Å². The Morgan fingerprint density at radius 2 is 1.95 bits per heavy atom. The van der Waals surface area contributed by atoms with Gasteiger partial charge in [0, 0.05) is 24.3 Å². The van der Waals surface area contributed by atoms with Crippen LogP contribution in [0.2, 0.25) is 0 Å². The number of aromatic carboxylic acids is 1. The summed E-state index contributed by atoms with van der Waals surface area (Å²) >= 11 is 0. The molecule has 0 aliphatic rings. The largest absolute Gasteiger partial charge is 0.477 e. The maximum atomic E-state index is 11.1. The summed E-state index contributed by atoms with van der Waals surface area (Å²) in [5.41, 5.74) is 3.10. The fourth-order valence-electron chi connectivity index (χ4n) is 2.38. The average molecular weight is 278 g/mol. The number of hydrogen-bond donors (Lipinski definition) is 2. The molecule has 21 heavy (non-hydrogen) atoms. The third kappa shape index (κ3) is 2.43. The Morgan fingerprint density at radius 1 is 1.14 bits per heavy atom. The van der Waals surface area contributed by atoms with E-state index in [4.69, 9.17) is 5.11 Å². The van der Waals surface area contributed by atoms with Gasteiger partial charge in [-0.05, 0) is 34.7 Å². The summed E-state index contributed by atoms with van der Waals surface area (Å²) in [6, 6.07) is 15.5. The van der Waals surface area contributed by atoms with Crippen LogP contribution in [0.25, 0.3) is 21.9 Å². The molecule has 0 aliphatic carbocycles. The number of nitrogens with zero attached hydrogens (tertiary/aromatic N) is 1. The summed E-state index contributed by atoms with van der Waals surface area (Å²) in [5, 5.41) is 14.0. The molecular formula is C17H14N2O2. The molecule has 0 spiro atoms. The molecule has 0 fully saturated rings. The third-order valence-corrected chi connectivity index (χ3v) is 3.44. The number of pyridine rings is 1. The van der Waals surface area contributed by atoms with Gasteiger partial charge >= 0.3 is 5.97 Å². The van der Waals surface area contributed by atoms with E-state index in [9.17, 15) is 4.79 Å². The molecule has 1 heterocycles. The number of aromatic nitrogens is 1. The number of carboxylic acids is 1. The molecule has 0 saturated heterocycles. The monoisotopic (exact) mass is 278 g/mol. The second kappa shape index (κ2) is 5.25. The van der Waals surface area contributed by atoms with E-state index >= 15 is 0 Å². The number of nitrogens with one attached hydrogen (secondary N) is 1. The van der Waals surface area contributed by atoms with Crippen LogP contribution in [0.3, 0.4) is 0 Å². The van der Waals surface area contributed by atoms with Crippen molar-refractivity contribution < 1.29 is 9.90 Å². The van der Waals surface area contributed by atoms with Crippen LogP contribution in [0.5, 0.6) is 0 Å². The number of rotatable bonds is 3. The van der Waals surface area contributed by atoms with Crippen molar-refractivity contribution in [2.24, 2.45) is 0 Å². The highest BCUT2D eigenvalue weighted by molar-refractivity contribution is 6.00. The van der Waals surface area contributed by atoms with Gasteiger partial charge in [0.25, 0.3) is 0 Å². The zero-order valence-electron chi connectivity index (χ0n) is 11.5. The van der Waals surface area contributed by atoms with E-state index in [1.165, 1.54) is 0 Å². The summed E-state index contributed by atoms with van der Waals surface area (Å²) in [6.45, 7) is 0. The molecule has 2 N–H and O–H groups in total. The van der Waals surface area contributed by atoms with Crippen molar-refractivity contribution in [1.29, 1.82) is 0 Å². The van der Waals surface area contributed by atoms with E-state index in [1.54, 1.807) is 12.3 Å². The molecule has 3 aromatic rings. The maximum absolute atomic E-state index is 11.1. The molecule has 2 aromatic carbocycles. The first-order valence-electron chi connectivity index (χ1n) is 6.59. The van der Waals surface area contributed by atoms with E-state index in [2.05, 4.69) is 10.3 Å². The number of hydrogen-bond acceptors (Lipinski definition) is 3. The number of carbonyl (C=O) groups is 1. The topological polar surface area (TPSA) is 62.2 Å². The van der Waals surface area contributed by atoms with Gasteiger partial charge in [-0.1, -0.05) is 30.3 Å². The molecule has 0 bridgehead atoms. The first kappa shape index (κ1) is 13.1. The highest BCUT2D eigenvalue weighted by Crippen LogP contribution is 2.30. The smallest absolute Gasteiger partial charge is 0.354 e. The van der Waals surface area contributed by atoms with Gasteiger partial charge in [0.1, 0.15) is 5.69 Å². The minimum Gasteiger partial charge on any atom is -0.477 e. The van der Waals surface area contributed by atoms with Crippen LogP contribution in [-0.2, 0) is 0 Å². The fraction of sp³-hybridized carbons (Fsp3) is 0.0588. The van der Waals surface area contributed by atoms with Gasteiger partial charge < -0.3 is 10.4 Å². The molecule has 0 aliphatic heterocycles. The van der Waals surface area contributed by atoms with Gasteiger partial charge in [-0.15, -0.1) is 0 Å². The van der Waals surface area contributed by atoms with Crippen molar-refractivity contribution >= 4 is 22.4 Å². The van der Waals surface area contributed by atoms with E-state index in [0.717, 1.165) is 27.6 Å². The molecule has 104 valence electrons. The van der Waals surface area contributed by atoms with E-state index < -0.39 is 5.97 Å². The molecule has 0 radical (unpaired) electrons. The molecule has 0 amide bonds. The number of fused-ring (bicyclic) bond motifs is 1. The van der Waals surface area contributed by atoms with E-state index in [-0.39, 0.29) is 5.69 Å². The number of anilines is 1. The minimum atomic E-state index is -1.02. The van der Waals surface area contributed by atoms with Crippen LogP contribution < -0.4 is 5.32 Å². The predicted octanol–water partition coefficient (Wildman–Crippen LogP) is 3.64. The lowest BCUT2D eigenvalue weighted by molar-refractivity contribution is 0.0690. The molecule has 4 nitrogen and oxygen atoms in total. The van der Waals surface area contributed by atoms with Crippen molar-refractivity contribution in [3.8, 4) is 11.1 Å². The molecule has 0 unspecified atom stereocenters. The van der Waals surface area contributed by atoms with Crippen LogP contribution in [0, 0.1) is 0 Å². The zero-order valence-corrected chi connectivity index (χ0v) is 11.5. The standard InChI is InChI=1S/C17H14N2O2/c1-18-13-6-2-4-11(8-13)14-7-3-5-12-10-19-16(17(20)21)9-15(12)14/h2-10,18H,1H3,(H,20,21). The lowest BCUT2D eigenvalue weighted by Crippen LogP contribution is -1.99. The van der Waals surface area contributed by atoms with Crippen molar-refractivity contribution in [2.75, 3.05) is 12.4 Å². The van der Waals surface area contributed by atoms with E-state index in [1.807, 2.05) is 49.5 Å². The van der Waals surface area contributed by atoms with Gasteiger partial charge in [-0.2, -0.15) is 0 Å². The summed E-state index contributed by atoms with van der Waals surface area (Å²) in [6.07, 6.45) is 1.60. The Morgan fingerprint density at radius 3 is 2.71 bits per heavy atom. The first-order valence-corrected chi connectivity index (χ1v) is 6.59. The van der Waals surface area contributed by atoms with Crippen LogP contribution >= 0.6 is 0 Å². The Hall–Kier alpha value is -2.88. The Kier molecular flexibility index (Phi) is 3.28. The van der Waals surface area contributed by atoms with E-state index in [0.29, 0.717) is 0 Å². The van der Waals surface area contributed by atoms with Gasteiger partial charge in [-0.25, -0.2) is 9.78 Å². The molecule has 4 heteroatoms. The normalized spacial score (nSPS) is 10.5. The third-order valence-electron chi connectivity index (χ3n) is 3.44. The average Bonchev–Trinajstić information content (AvgIpc) is 2.53. The van der Waals surface area contributed by atoms with Crippen LogP contribution in [0.15, 0.2) is 54.7 Å². The summed E-state index contributed by atoms with van der Waals surface area (Å²) in [5.74, 6) is -1.02. The second-order valence-electron chi connectivity index (χ2n) is 4.73. The lowest BCUT2D eigenvalue weighted by atomic mass is 9.98. The summed E-state index contributed by atoms with van der Waals surface area (Å²) < 4.78 is 0. The van der Waals surface area contributed by atoms with Crippen molar-refractivity contribution in [1.82, 2.24) is 4.98 Å². The maximum Gasteiger partial charge on any atom is 0.354 e. The predicted molar refractivity (Wildman–Crippen MR) is 83.7 cm³/mol. The number of benzene rings is 2. The van der Waals surface area contributed by atoms with Gasteiger partial charge in [-0.3, -0.25) is 0 Å². The minimum absolute atomic E-state index is 0.0553. The lowest BCUT2D eigenvalue weighted by Gasteiger charge is -2.09. The second-order valence-corrected chi connectivity index (χ2v) is 4.73. The Bertz CT molecular complexity index is 828. The molecule has 1 aromatic heterocycles. The van der Waals surface area contributed by atoms with Gasteiger partial charge in [0.2, 0.25) is 0 Å². The highest BCUT2D eigenvalue weighted by atomic mass is 16.4. The summed E-state index contributed by atoms with van der Waals surface area (Å²) in [4.78, 5) is 15.1. The van der Waals surface area contributed by atoms with Gasteiger partial charge in [0.05, 0.1) is 0 Å². The molecule has 0 atom stereocenters. The Balaban J connectivity index is 2.25. The fourth-order valence-corrected chi connectivity index (χ4v) is 2.38. The molecular weight excluding hydrogens is 264 g/mol. The van der Waals surface area contributed by atoms with Crippen LogP contribution in [0.4, 0.5) is 5.69 Å². The zero-order chi connectivity index (χ0) is 14.8. The highest BCUT2D eigenvalue weighted by Gasteiger charge is 2.09. The molecule has 3 rings (SSSR count). The SMILES string of the molecule is CNc1cccc(-c2cccc3cnc(C(=O)O)cc23)c1. The van der Waals surface area contributed by atoms with Crippen molar-refractivity contribution in [3.63, 3.8) is 0 Å². The van der Waals surface area contributed by atoms with Gasteiger partial charge in [0.15, 0.2) is 0 Å². The number of carboxylic acid groups (broad SMARTS) is 1. The van der Waals surface area contributed by atoms with Crippen molar-refractivity contribution in [3.05, 3.63) is 60.4 Å². The molecule has 0 saturated carbocycles. The first-order chi connectivity index (χ1) is 10.2. The van der Waals surface area contributed by atoms with Crippen molar-refractivity contribution in [2.45, 2.75) is 0 Å². The Labute approximate surface area is 122 Å². The van der Waals surface area contributed by atoms with Crippen LogP contribution in [-0.4, -0.2) is 23.1 Å².